The number of Topliss-reactive ketones (excluding diaryl/α,β-unsaturated/α-hetero) is 1. The smallest absolute Gasteiger partial charge is 0.320 e. The minimum Gasteiger partial charge on any atom is -0.480 e. The van der Waals surface area contributed by atoms with Crippen LogP contribution < -0.4 is 10.5 Å². The van der Waals surface area contributed by atoms with Crippen LogP contribution in [0.2, 0.25) is 0 Å². The molecule has 0 radical (unpaired) electrons. The Labute approximate surface area is 144 Å². The number of rotatable bonds is 7. The molecule has 2 unspecified atom stereocenters. The van der Waals surface area contributed by atoms with E-state index in [0.717, 1.165) is 0 Å². The van der Waals surface area contributed by atoms with E-state index in [1.807, 2.05) is 0 Å². The van der Waals surface area contributed by atoms with Crippen molar-refractivity contribution in [2.45, 2.75) is 44.4 Å². The minimum absolute atomic E-state index is 0.0859. The standard InChI is InChI=1S/C17H21NO7/c1-10(19)24-6-2-5-17(23)9-14(20)12-7-11(3-4-15(12)25-17)8-13(18)16(21)22/h3-4,7,13,23H,2,5-6,8-9,18H2,1H3,(H,21,22). The van der Waals surface area contributed by atoms with Crippen molar-refractivity contribution in [3.05, 3.63) is 29.3 Å². The van der Waals surface area contributed by atoms with Gasteiger partial charge in [0.05, 0.1) is 18.6 Å². The highest BCUT2D eigenvalue weighted by atomic mass is 16.6. The Kier molecular flexibility index (Phi) is 5.76. The van der Waals surface area contributed by atoms with Crippen molar-refractivity contribution in [1.29, 1.82) is 0 Å². The van der Waals surface area contributed by atoms with E-state index in [-0.39, 0.29) is 37.4 Å². The van der Waals surface area contributed by atoms with Gasteiger partial charge in [-0.1, -0.05) is 6.07 Å². The van der Waals surface area contributed by atoms with Gasteiger partial charge in [-0.05, 0) is 30.5 Å². The van der Waals surface area contributed by atoms with Gasteiger partial charge in [0.2, 0.25) is 5.79 Å². The van der Waals surface area contributed by atoms with Crippen molar-refractivity contribution in [2.75, 3.05) is 6.61 Å². The molecular weight excluding hydrogens is 330 g/mol. The number of esters is 1. The van der Waals surface area contributed by atoms with Gasteiger partial charge >= 0.3 is 11.9 Å². The van der Waals surface area contributed by atoms with Gasteiger partial charge in [-0.2, -0.15) is 0 Å². The van der Waals surface area contributed by atoms with E-state index >= 15 is 0 Å². The van der Waals surface area contributed by atoms with Gasteiger partial charge in [0.25, 0.3) is 0 Å². The second-order valence-corrected chi connectivity index (χ2v) is 6.07. The van der Waals surface area contributed by atoms with E-state index in [1.54, 1.807) is 12.1 Å². The molecular formula is C17H21NO7. The molecule has 1 aliphatic rings. The number of ketones is 1. The molecule has 1 aromatic carbocycles. The number of hydrogen-bond donors (Lipinski definition) is 3. The van der Waals surface area contributed by atoms with Crippen LogP contribution in [0.4, 0.5) is 0 Å². The van der Waals surface area contributed by atoms with Gasteiger partial charge < -0.3 is 25.4 Å². The van der Waals surface area contributed by atoms with E-state index in [1.165, 1.54) is 13.0 Å². The van der Waals surface area contributed by atoms with Crippen molar-refractivity contribution in [3.63, 3.8) is 0 Å². The van der Waals surface area contributed by atoms with E-state index < -0.39 is 23.8 Å². The van der Waals surface area contributed by atoms with Crippen molar-refractivity contribution >= 4 is 17.7 Å². The van der Waals surface area contributed by atoms with Crippen molar-refractivity contribution in [3.8, 4) is 5.75 Å². The zero-order valence-corrected chi connectivity index (χ0v) is 13.9. The van der Waals surface area contributed by atoms with Crippen LogP contribution in [0.25, 0.3) is 0 Å². The molecule has 0 aliphatic carbocycles. The van der Waals surface area contributed by atoms with Crippen molar-refractivity contribution in [1.82, 2.24) is 0 Å². The second kappa shape index (κ2) is 7.62. The van der Waals surface area contributed by atoms with Gasteiger partial charge in [-0.3, -0.25) is 14.4 Å². The lowest BCUT2D eigenvalue weighted by molar-refractivity contribution is -0.152. The Hall–Kier alpha value is -2.45. The van der Waals surface area contributed by atoms with Crippen LogP contribution in [-0.4, -0.2) is 46.4 Å². The third-order valence-electron chi connectivity index (χ3n) is 3.87. The summed E-state index contributed by atoms with van der Waals surface area (Å²) in [4.78, 5) is 33.9. The third kappa shape index (κ3) is 5.01. The minimum atomic E-state index is -1.65. The molecule has 0 saturated carbocycles. The lowest BCUT2D eigenvalue weighted by atomic mass is 9.93. The number of aliphatic carboxylic acids is 1. The number of fused-ring (bicyclic) bond motifs is 1. The fourth-order valence-electron chi connectivity index (χ4n) is 2.64. The maximum Gasteiger partial charge on any atom is 0.320 e. The molecule has 0 amide bonds. The highest BCUT2D eigenvalue weighted by Crippen LogP contribution is 2.35. The molecule has 0 bridgehead atoms. The average Bonchev–Trinajstić information content (AvgIpc) is 2.52. The molecule has 2 rings (SSSR count). The van der Waals surface area contributed by atoms with Crippen LogP contribution in [0.5, 0.6) is 5.75 Å². The molecule has 0 aromatic heterocycles. The Morgan fingerprint density at radius 2 is 2.16 bits per heavy atom. The number of ether oxygens (including phenoxy) is 2. The summed E-state index contributed by atoms with van der Waals surface area (Å²) in [5.41, 5.74) is 6.39. The molecule has 4 N–H and O–H groups in total. The number of carbonyl (C=O) groups excluding carboxylic acids is 2. The van der Waals surface area contributed by atoms with E-state index in [0.29, 0.717) is 17.5 Å². The molecule has 1 heterocycles. The highest BCUT2D eigenvalue weighted by molar-refractivity contribution is 6.00. The second-order valence-electron chi connectivity index (χ2n) is 6.07. The molecule has 8 heteroatoms. The van der Waals surface area contributed by atoms with E-state index in [9.17, 15) is 19.5 Å². The fraction of sp³-hybridized carbons (Fsp3) is 0.471. The Balaban J connectivity index is 2.06. The van der Waals surface area contributed by atoms with E-state index in [4.69, 9.17) is 20.3 Å². The topological polar surface area (TPSA) is 136 Å². The lowest BCUT2D eigenvalue weighted by Gasteiger charge is -2.33. The molecule has 0 saturated heterocycles. The summed E-state index contributed by atoms with van der Waals surface area (Å²) in [6.45, 7) is 1.42. The van der Waals surface area contributed by atoms with Gasteiger partial charge in [0, 0.05) is 13.3 Å². The molecule has 0 fully saturated rings. The van der Waals surface area contributed by atoms with Crippen molar-refractivity contribution < 1.29 is 34.1 Å². The maximum absolute atomic E-state index is 12.3. The molecule has 1 aromatic rings. The first kappa shape index (κ1) is 18.9. The third-order valence-corrected chi connectivity index (χ3v) is 3.87. The number of hydrogen-bond acceptors (Lipinski definition) is 7. The summed E-state index contributed by atoms with van der Waals surface area (Å²) < 4.78 is 10.3. The quantitative estimate of drug-likeness (QED) is 0.481. The largest absolute Gasteiger partial charge is 0.480 e. The Morgan fingerprint density at radius 3 is 2.80 bits per heavy atom. The SMILES string of the molecule is CC(=O)OCCCC1(O)CC(=O)c2cc(CC(N)C(=O)O)ccc2O1. The number of nitrogens with two attached hydrogens (primary N) is 1. The lowest BCUT2D eigenvalue weighted by Crippen LogP contribution is -2.42. The van der Waals surface area contributed by atoms with Gasteiger partial charge in [0.1, 0.15) is 11.8 Å². The van der Waals surface area contributed by atoms with Crippen LogP contribution in [-0.2, 0) is 20.7 Å². The summed E-state index contributed by atoms with van der Waals surface area (Å²) in [5.74, 6) is -3.25. The van der Waals surface area contributed by atoms with Crippen LogP contribution in [0, 0.1) is 0 Å². The number of benzene rings is 1. The normalized spacial score (nSPS) is 20.4. The summed E-state index contributed by atoms with van der Waals surface area (Å²) >= 11 is 0. The molecule has 2 atom stereocenters. The molecule has 25 heavy (non-hydrogen) atoms. The Bertz CT molecular complexity index is 688. The summed E-state index contributed by atoms with van der Waals surface area (Å²) in [6.07, 6.45) is 0.346. The predicted octanol–water partition coefficient (Wildman–Crippen LogP) is 0.638. The first-order chi connectivity index (χ1) is 11.7. The summed E-state index contributed by atoms with van der Waals surface area (Å²) in [5, 5.41) is 19.3. The molecule has 0 spiro atoms. The monoisotopic (exact) mass is 351 g/mol. The van der Waals surface area contributed by atoms with E-state index in [2.05, 4.69) is 0 Å². The van der Waals surface area contributed by atoms with Crippen LogP contribution in [0.3, 0.4) is 0 Å². The number of aliphatic hydroxyl groups is 1. The number of carbonyl (C=O) groups is 3. The van der Waals surface area contributed by atoms with Crippen molar-refractivity contribution in [2.24, 2.45) is 5.73 Å². The number of carboxylic acids is 1. The van der Waals surface area contributed by atoms with Gasteiger partial charge in [0.15, 0.2) is 5.78 Å². The fourth-order valence-corrected chi connectivity index (χ4v) is 2.64. The number of carboxylic acid groups (broad SMARTS) is 1. The first-order valence-electron chi connectivity index (χ1n) is 7.89. The summed E-state index contributed by atoms with van der Waals surface area (Å²) in [6, 6.07) is 3.61. The molecule has 1 aliphatic heterocycles. The predicted molar refractivity (Wildman–Crippen MR) is 86.1 cm³/mol. The van der Waals surface area contributed by atoms with Gasteiger partial charge in [-0.25, -0.2) is 0 Å². The zero-order chi connectivity index (χ0) is 18.6. The highest BCUT2D eigenvalue weighted by Gasteiger charge is 2.38. The maximum atomic E-state index is 12.3. The van der Waals surface area contributed by atoms with Crippen LogP contribution in [0.15, 0.2) is 18.2 Å². The molecule has 136 valence electrons. The Morgan fingerprint density at radius 1 is 1.44 bits per heavy atom. The molecule has 8 nitrogen and oxygen atoms in total. The van der Waals surface area contributed by atoms with Crippen LogP contribution in [0.1, 0.15) is 42.1 Å². The van der Waals surface area contributed by atoms with Gasteiger partial charge in [-0.15, -0.1) is 0 Å². The zero-order valence-electron chi connectivity index (χ0n) is 13.9. The average molecular weight is 351 g/mol. The first-order valence-corrected chi connectivity index (χ1v) is 7.89. The van der Waals surface area contributed by atoms with Crippen LogP contribution >= 0.6 is 0 Å². The summed E-state index contributed by atoms with van der Waals surface area (Å²) in [7, 11) is 0.